The molecule has 2 rings (SSSR count). The lowest BCUT2D eigenvalue weighted by Gasteiger charge is -2.22. The van der Waals surface area contributed by atoms with E-state index < -0.39 is 15.6 Å². The predicted octanol–water partition coefficient (Wildman–Crippen LogP) is 2.03. The first-order valence-corrected chi connectivity index (χ1v) is 10.4. The van der Waals surface area contributed by atoms with Crippen LogP contribution in [0.1, 0.15) is 64.3 Å². The van der Waals surface area contributed by atoms with Gasteiger partial charge in [0.25, 0.3) is 0 Å². The first kappa shape index (κ1) is 19.9. The maximum atomic E-state index is 12.6. The summed E-state index contributed by atoms with van der Waals surface area (Å²) in [7, 11) is -3.69. The zero-order valence-corrected chi connectivity index (χ0v) is 16.7. The summed E-state index contributed by atoms with van der Waals surface area (Å²) < 4.78 is 29.4. The molecule has 0 spiro atoms. The van der Waals surface area contributed by atoms with E-state index in [9.17, 15) is 13.2 Å². The molecule has 1 fully saturated rings. The highest BCUT2D eigenvalue weighted by Gasteiger charge is 2.29. The lowest BCUT2D eigenvalue weighted by molar-refractivity contribution is -0.122. The van der Waals surface area contributed by atoms with Crippen LogP contribution in [0.5, 0.6) is 0 Å². The van der Waals surface area contributed by atoms with Crippen LogP contribution in [0.15, 0.2) is 4.90 Å². The molecule has 7 nitrogen and oxygen atoms in total. The van der Waals surface area contributed by atoms with Crippen molar-refractivity contribution in [2.75, 3.05) is 0 Å². The molecule has 1 aliphatic rings. The molecule has 8 heteroatoms. The Morgan fingerprint density at radius 1 is 1.20 bits per heavy atom. The fourth-order valence-corrected chi connectivity index (χ4v) is 5.17. The fourth-order valence-electron chi connectivity index (χ4n) is 3.33. The van der Waals surface area contributed by atoms with Crippen molar-refractivity contribution >= 4 is 15.9 Å². The smallest absolute Gasteiger partial charge is 0.244 e. The zero-order chi connectivity index (χ0) is 18.8. The van der Waals surface area contributed by atoms with E-state index >= 15 is 0 Å². The van der Waals surface area contributed by atoms with Crippen molar-refractivity contribution in [2.24, 2.45) is 0 Å². The van der Waals surface area contributed by atoms with Gasteiger partial charge in [0.2, 0.25) is 15.9 Å². The van der Waals surface area contributed by atoms with E-state index in [0.717, 1.165) is 25.7 Å². The highest BCUT2D eigenvalue weighted by Crippen LogP contribution is 2.21. The summed E-state index contributed by atoms with van der Waals surface area (Å²) >= 11 is 0. The topological polar surface area (TPSA) is 93.1 Å². The van der Waals surface area contributed by atoms with Gasteiger partial charge in [0.1, 0.15) is 11.4 Å². The summed E-state index contributed by atoms with van der Waals surface area (Å²) in [5.41, 5.74) is 0.297. The van der Waals surface area contributed by atoms with Gasteiger partial charge in [-0.2, -0.15) is 5.10 Å². The minimum Gasteiger partial charge on any atom is -0.352 e. The van der Waals surface area contributed by atoms with Gasteiger partial charge < -0.3 is 5.32 Å². The predicted molar refractivity (Wildman–Crippen MR) is 96.8 cm³/mol. The van der Waals surface area contributed by atoms with Crippen molar-refractivity contribution in [1.29, 1.82) is 0 Å². The molecule has 0 bridgehead atoms. The summed E-state index contributed by atoms with van der Waals surface area (Å²) in [6.07, 6.45) is 5.54. The van der Waals surface area contributed by atoms with Crippen molar-refractivity contribution in [3.8, 4) is 0 Å². The van der Waals surface area contributed by atoms with E-state index in [-0.39, 0.29) is 23.4 Å². The highest BCUT2D eigenvalue weighted by atomic mass is 32.2. The van der Waals surface area contributed by atoms with E-state index in [0.29, 0.717) is 11.4 Å². The SMILES string of the molecule is Cc1nn(CC(=O)NC2CCCCC2)c(C)c1S(=O)(=O)NC(C)(C)C. The molecule has 0 radical (unpaired) electrons. The van der Waals surface area contributed by atoms with Crippen molar-refractivity contribution in [3.63, 3.8) is 0 Å². The number of nitrogens with zero attached hydrogens (tertiary/aromatic N) is 2. The molecule has 1 saturated carbocycles. The van der Waals surface area contributed by atoms with E-state index in [1.54, 1.807) is 34.6 Å². The minimum atomic E-state index is -3.69. The van der Waals surface area contributed by atoms with Gasteiger partial charge >= 0.3 is 0 Å². The number of sulfonamides is 1. The van der Waals surface area contributed by atoms with E-state index in [1.807, 2.05) is 0 Å². The second kappa shape index (κ2) is 7.45. The first-order chi connectivity index (χ1) is 11.5. The summed E-state index contributed by atoms with van der Waals surface area (Å²) in [4.78, 5) is 12.5. The highest BCUT2D eigenvalue weighted by molar-refractivity contribution is 7.89. The van der Waals surface area contributed by atoms with Crippen LogP contribution in [0.2, 0.25) is 0 Å². The molecule has 0 aliphatic heterocycles. The van der Waals surface area contributed by atoms with E-state index in [2.05, 4.69) is 15.1 Å². The molecular formula is C17H30N4O3S. The Kier molecular flexibility index (Phi) is 5.93. The van der Waals surface area contributed by atoms with Crippen LogP contribution < -0.4 is 10.0 Å². The fraction of sp³-hybridized carbons (Fsp3) is 0.765. The van der Waals surface area contributed by atoms with Crippen molar-refractivity contribution < 1.29 is 13.2 Å². The second-order valence-corrected chi connectivity index (χ2v) is 9.53. The molecule has 0 atom stereocenters. The molecule has 1 aliphatic carbocycles. The number of amides is 1. The number of hydrogen-bond donors (Lipinski definition) is 2. The maximum absolute atomic E-state index is 12.6. The van der Waals surface area contributed by atoms with Gasteiger partial charge in [-0.25, -0.2) is 13.1 Å². The minimum absolute atomic E-state index is 0.0359. The Labute approximate surface area is 150 Å². The van der Waals surface area contributed by atoms with Crippen LogP contribution in [0.25, 0.3) is 0 Å². The van der Waals surface area contributed by atoms with Gasteiger partial charge in [0.15, 0.2) is 0 Å². The average molecular weight is 371 g/mol. The number of carbonyl (C=O) groups excluding carboxylic acids is 1. The molecule has 0 aromatic carbocycles. The quantitative estimate of drug-likeness (QED) is 0.829. The number of rotatable bonds is 5. The number of hydrogen-bond acceptors (Lipinski definition) is 4. The number of carbonyl (C=O) groups is 1. The Balaban J connectivity index is 2.14. The van der Waals surface area contributed by atoms with Crippen LogP contribution in [-0.4, -0.2) is 35.7 Å². The van der Waals surface area contributed by atoms with Gasteiger partial charge in [0.05, 0.1) is 11.4 Å². The molecule has 1 heterocycles. The first-order valence-electron chi connectivity index (χ1n) is 8.87. The average Bonchev–Trinajstić information content (AvgIpc) is 2.72. The lowest BCUT2D eigenvalue weighted by Crippen LogP contribution is -2.41. The van der Waals surface area contributed by atoms with Gasteiger partial charge in [-0.3, -0.25) is 9.48 Å². The molecule has 1 aromatic rings. The van der Waals surface area contributed by atoms with Crippen molar-refractivity contribution in [2.45, 2.75) is 89.7 Å². The van der Waals surface area contributed by atoms with Crippen LogP contribution in [0, 0.1) is 13.8 Å². The summed E-state index contributed by atoms with van der Waals surface area (Å²) in [5.74, 6) is -0.120. The molecule has 2 N–H and O–H groups in total. The Morgan fingerprint density at radius 3 is 2.36 bits per heavy atom. The normalized spacial score (nSPS) is 16.8. The Hall–Kier alpha value is -1.41. The van der Waals surface area contributed by atoms with Crippen LogP contribution in [0.3, 0.4) is 0 Å². The largest absolute Gasteiger partial charge is 0.352 e. The molecule has 142 valence electrons. The monoisotopic (exact) mass is 370 g/mol. The van der Waals surface area contributed by atoms with Gasteiger partial charge in [-0.15, -0.1) is 0 Å². The Morgan fingerprint density at radius 2 is 1.80 bits per heavy atom. The molecule has 0 saturated heterocycles. The third kappa shape index (κ3) is 5.28. The third-order valence-corrected chi connectivity index (χ3v) is 6.30. The number of nitrogens with one attached hydrogen (secondary N) is 2. The van der Waals surface area contributed by atoms with E-state index in [1.165, 1.54) is 11.1 Å². The molecule has 0 unspecified atom stereocenters. The standard InChI is InChI=1S/C17H30N4O3S/c1-12-16(25(23,24)20-17(3,4)5)13(2)21(19-12)11-15(22)18-14-9-7-6-8-10-14/h14,20H,6-11H2,1-5H3,(H,18,22). The lowest BCUT2D eigenvalue weighted by atomic mass is 9.95. The number of aromatic nitrogens is 2. The van der Waals surface area contributed by atoms with Crippen molar-refractivity contribution in [3.05, 3.63) is 11.4 Å². The second-order valence-electron chi connectivity index (χ2n) is 7.92. The molecule has 1 amide bonds. The molecule has 25 heavy (non-hydrogen) atoms. The zero-order valence-electron chi connectivity index (χ0n) is 15.8. The maximum Gasteiger partial charge on any atom is 0.244 e. The van der Waals surface area contributed by atoms with Gasteiger partial charge in [-0.1, -0.05) is 19.3 Å². The van der Waals surface area contributed by atoms with E-state index in [4.69, 9.17) is 0 Å². The summed E-state index contributed by atoms with van der Waals surface area (Å²) in [5, 5.41) is 7.31. The molecule has 1 aromatic heterocycles. The Bertz CT molecular complexity index is 726. The van der Waals surface area contributed by atoms with Crippen LogP contribution >= 0.6 is 0 Å². The van der Waals surface area contributed by atoms with Gasteiger partial charge in [0, 0.05) is 11.6 Å². The van der Waals surface area contributed by atoms with Crippen LogP contribution in [-0.2, 0) is 21.4 Å². The number of aryl methyl sites for hydroxylation is 1. The van der Waals surface area contributed by atoms with Gasteiger partial charge in [-0.05, 0) is 47.5 Å². The summed E-state index contributed by atoms with van der Waals surface area (Å²) in [6.45, 7) is 8.74. The summed E-state index contributed by atoms with van der Waals surface area (Å²) in [6, 6.07) is 0.226. The third-order valence-electron chi connectivity index (χ3n) is 4.29. The molecular weight excluding hydrogens is 340 g/mol. The van der Waals surface area contributed by atoms with Crippen LogP contribution in [0.4, 0.5) is 0 Å². The van der Waals surface area contributed by atoms with Crippen molar-refractivity contribution in [1.82, 2.24) is 19.8 Å².